The Morgan fingerprint density at radius 1 is 1.43 bits per heavy atom. The van der Waals surface area contributed by atoms with Crippen molar-refractivity contribution in [2.75, 3.05) is 18.0 Å². The molecule has 162 valence electrons. The maximum absolute atomic E-state index is 12.6. The van der Waals surface area contributed by atoms with Gasteiger partial charge in [0.25, 0.3) is 11.6 Å². The number of nitrogens with zero attached hydrogens (tertiary/aromatic N) is 3. The van der Waals surface area contributed by atoms with Crippen molar-refractivity contribution in [3.63, 3.8) is 0 Å². The fourth-order valence-electron chi connectivity index (χ4n) is 3.18. The normalized spacial score (nSPS) is 17.0. The van der Waals surface area contributed by atoms with Gasteiger partial charge in [-0.2, -0.15) is 5.26 Å². The molecule has 2 amide bonds. The number of carbonyl (C=O) groups is 2. The first-order valence-corrected chi connectivity index (χ1v) is 9.76. The molecule has 1 saturated heterocycles. The lowest BCUT2D eigenvalue weighted by Gasteiger charge is -2.24. The Kier molecular flexibility index (Phi) is 7.21. The number of rotatable bonds is 6. The van der Waals surface area contributed by atoms with E-state index in [9.17, 15) is 25.0 Å². The maximum Gasteiger partial charge on any atom is 0.408 e. The summed E-state index contributed by atoms with van der Waals surface area (Å²) in [5.41, 5.74) is 0.189. The molecule has 1 aromatic carbocycles. The standard InChI is InChI=1S/C20H27N5O5/c1-5-17(30-19(27)23-20(2,3)4)18(26)22-14-8-9-24(12-14)16-7-6-15(25(28)29)10-13(16)11-21/h6-7,10,14,17H,5,8-9,12H2,1-4H3,(H,22,26)(H,23,27)/t14-,17-/m0/s1. The highest BCUT2D eigenvalue weighted by atomic mass is 16.6. The molecular formula is C20H27N5O5. The van der Waals surface area contributed by atoms with Crippen LogP contribution in [0.2, 0.25) is 0 Å². The molecule has 1 aliphatic heterocycles. The fourth-order valence-corrected chi connectivity index (χ4v) is 3.18. The van der Waals surface area contributed by atoms with Crippen LogP contribution in [0, 0.1) is 21.4 Å². The van der Waals surface area contributed by atoms with E-state index in [0.29, 0.717) is 31.6 Å². The summed E-state index contributed by atoms with van der Waals surface area (Å²) >= 11 is 0. The van der Waals surface area contributed by atoms with Crippen molar-refractivity contribution in [3.05, 3.63) is 33.9 Å². The summed E-state index contributed by atoms with van der Waals surface area (Å²) in [6.07, 6.45) is -0.587. The first-order valence-electron chi connectivity index (χ1n) is 9.76. The molecule has 0 saturated carbocycles. The van der Waals surface area contributed by atoms with Crippen molar-refractivity contribution < 1.29 is 19.2 Å². The third kappa shape index (κ3) is 6.07. The predicted octanol–water partition coefficient (Wildman–Crippen LogP) is 2.46. The second-order valence-electron chi connectivity index (χ2n) is 8.19. The van der Waals surface area contributed by atoms with E-state index in [4.69, 9.17) is 4.74 Å². The zero-order chi connectivity index (χ0) is 22.5. The highest BCUT2D eigenvalue weighted by molar-refractivity contribution is 5.84. The van der Waals surface area contributed by atoms with E-state index in [0.717, 1.165) is 0 Å². The van der Waals surface area contributed by atoms with E-state index >= 15 is 0 Å². The Morgan fingerprint density at radius 3 is 2.70 bits per heavy atom. The smallest absolute Gasteiger partial charge is 0.408 e. The summed E-state index contributed by atoms with van der Waals surface area (Å²) in [6.45, 7) is 8.23. The molecule has 1 fully saturated rings. The lowest BCUT2D eigenvalue weighted by atomic mass is 10.1. The topological polar surface area (TPSA) is 138 Å². The predicted molar refractivity (Wildman–Crippen MR) is 110 cm³/mol. The van der Waals surface area contributed by atoms with Gasteiger partial charge >= 0.3 is 6.09 Å². The first kappa shape index (κ1) is 22.9. The van der Waals surface area contributed by atoms with Gasteiger partial charge < -0.3 is 20.3 Å². The molecule has 1 aliphatic rings. The fraction of sp³-hybridized carbons (Fsp3) is 0.550. The summed E-state index contributed by atoms with van der Waals surface area (Å²) < 4.78 is 5.25. The Morgan fingerprint density at radius 2 is 2.13 bits per heavy atom. The van der Waals surface area contributed by atoms with Crippen molar-refractivity contribution in [2.45, 2.75) is 58.2 Å². The summed E-state index contributed by atoms with van der Waals surface area (Å²) in [5, 5.41) is 25.8. The molecule has 10 heteroatoms. The van der Waals surface area contributed by atoms with E-state index in [1.165, 1.54) is 12.1 Å². The summed E-state index contributed by atoms with van der Waals surface area (Å²) in [7, 11) is 0. The van der Waals surface area contributed by atoms with Crippen LogP contribution in [0.15, 0.2) is 18.2 Å². The molecule has 10 nitrogen and oxygen atoms in total. The number of carbonyl (C=O) groups excluding carboxylic acids is 2. The number of ether oxygens (including phenoxy) is 1. The number of nitriles is 1. The lowest BCUT2D eigenvalue weighted by molar-refractivity contribution is -0.384. The third-order valence-electron chi connectivity index (χ3n) is 4.58. The number of nitrogens with one attached hydrogen (secondary N) is 2. The van der Waals surface area contributed by atoms with Gasteiger partial charge in [-0.25, -0.2) is 4.79 Å². The molecule has 30 heavy (non-hydrogen) atoms. The van der Waals surface area contributed by atoms with Crippen LogP contribution in [0.3, 0.4) is 0 Å². The minimum Gasteiger partial charge on any atom is -0.436 e. The Bertz CT molecular complexity index is 858. The Hall–Kier alpha value is -3.35. The van der Waals surface area contributed by atoms with Crippen molar-refractivity contribution in [1.82, 2.24) is 10.6 Å². The number of hydrogen-bond donors (Lipinski definition) is 2. The number of benzene rings is 1. The molecule has 2 atom stereocenters. The Balaban J connectivity index is 1.98. The number of non-ortho nitro benzene ring substituents is 1. The van der Waals surface area contributed by atoms with Crippen LogP contribution >= 0.6 is 0 Å². The minimum absolute atomic E-state index is 0.143. The van der Waals surface area contributed by atoms with Crippen molar-refractivity contribution >= 4 is 23.4 Å². The molecule has 0 unspecified atom stereocenters. The Labute approximate surface area is 175 Å². The van der Waals surface area contributed by atoms with Crippen molar-refractivity contribution in [2.24, 2.45) is 0 Å². The summed E-state index contributed by atoms with van der Waals surface area (Å²) in [4.78, 5) is 36.8. The van der Waals surface area contributed by atoms with Gasteiger partial charge in [-0.3, -0.25) is 14.9 Å². The number of anilines is 1. The van der Waals surface area contributed by atoms with E-state index in [2.05, 4.69) is 10.6 Å². The van der Waals surface area contributed by atoms with Gasteiger partial charge in [-0.1, -0.05) is 6.92 Å². The first-order chi connectivity index (χ1) is 14.0. The molecule has 1 heterocycles. The number of amides is 2. The zero-order valence-electron chi connectivity index (χ0n) is 17.6. The van der Waals surface area contributed by atoms with Crippen molar-refractivity contribution in [3.8, 4) is 6.07 Å². The highest BCUT2D eigenvalue weighted by Crippen LogP contribution is 2.28. The van der Waals surface area contributed by atoms with E-state index < -0.39 is 22.7 Å². The van der Waals surface area contributed by atoms with Crippen LogP contribution in [0.1, 0.15) is 46.1 Å². The molecule has 0 radical (unpaired) electrons. The van der Waals surface area contributed by atoms with Crippen LogP contribution in [0.25, 0.3) is 0 Å². The summed E-state index contributed by atoms with van der Waals surface area (Å²) in [5.74, 6) is -0.377. The van der Waals surface area contributed by atoms with Gasteiger partial charge in [-0.05, 0) is 39.7 Å². The number of hydrogen-bond acceptors (Lipinski definition) is 7. The van der Waals surface area contributed by atoms with Gasteiger partial charge in [0.2, 0.25) is 0 Å². The molecule has 0 spiro atoms. The van der Waals surface area contributed by atoms with Gasteiger partial charge in [0.15, 0.2) is 6.10 Å². The quantitative estimate of drug-likeness (QED) is 0.535. The van der Waals surface area contributed by atoms with Crippen LogP contribution in [-0.4, -0.2) is 47.7 Å². The SMILES string of the molecule is CC[C@H](OC(=O)NC(C)(C)C)C(=O)N[C@H]1CCN(c2ccc([N+](=O)[O-])cc2C#N)C1. The molecule has 0 bridgehead atoms. The van der Waals surface area contributed by atoms with Crippen LogP contribution < -0.4 is 15.5 Å². The third-order valence-corrected chi connectivity index (χ3v) is 4.58. The number of alkyl carbamates (subject to hydrolysis) is 1. The zero-order valence-corrected chi connectivity index (χ0v) is 17.6. The highest BCUT2D eigenvalue weighted by Gasteiger charge is 2.30. The van der Waals surface area contributed by atoms with Gasteiger partial charge in [0, 0.05) is 36.8 Å². The second-order valence-corrected chi connectivity index (χ2v) is 8.19. The number of nitro groups is 1. The molecule has 1 aromatic rings. The monoisotopic (exact) mass is 417 g/mol. The minimum atomic E-state index is -0.907. The molecule has 2 N–H and O–H groups in total. The second kappa shape index (κ2) is 9.43. The van der Waals surface area contributed by atoms with Gasteiger partial charge in [-0.15, -0.1) is 0 Å². The van der Waals surface area contributed by atoms with Crippen molar-refractivity contribution in [1.29, 1.82) is 5.26 Å². The molecule has 0 aliphatic carbocycles. The maximum atomic E-state index is 12.6. The molecular weight excluding hydrogens is 390 g/mol. The number of nitro benzene ring substituents is 1. The lowest BCUT2D eigenvalue weighted by Crippen LogP contribution is -2.47. The van der Waals surface area contributed by atoms with Crippen LogP contribution in [0.4, 0.5) is 16.2 Å². The van der Waals surface area contributed by atoms with E-state index in [-0.39, 0.29) is 23.2 Å². The van der Waals surface area contributed by atoms with Gasteiger partial charge in [0.1, 0.15) is 6.07 Å². The van der Waals surface area contributed by atoms with Gasteiger partial charge in [0.05, 0.1) is 16.2 Å². The van der Waals surface area contributed by atoms with Crippen LogP contribution in [0.5, 0.6) is 0 Å². The average molecular weight is 417 g/mol. The molecule has 0 aromatic heterocycles. The average Bonchev–Trinajstić information content (AvgIpc) is 3.12. The van der Waals surface area contributed by atoms with E-state index in [1.807, 2.05) is 31.7 Å². The van der Waals surface area contributed by atoms with E-state index in [1.54, 1.807) is 13.0 Å². The van der Waals surface area contributed by atoms with Crippen LogP contribution in [-0.2, 0) is 9.53 Å². The molecule has 2 rings (SSSR count). The largest absolute Gasteiger partial charge is 0.436 e. The summed E-state index contributed by atoms with van der Waals surface area (Å²) in [6, 6.07) is 5.96.